The lowest BCUT2D eigenvalue weighted by atomic mass is 9.93. The summed E-state index contributed by atoms with van der Waals surface area (Å²) >= 11 is 0. The minimum Gasteiger partial charge on any atom is -0.344 e. The van der Waals surface area contributed by atoms with E-state index in [1.54, 1.807) is 14.0 Å². The monoisotopic (exact) mass is 444 g/mol. The molecule has 33 heavy (non-hydrogen) atoms. The van der Waals surface area contributed by atoms with Crippen LogP contribution in [-0.2, 0) is 14.4 Å². The van der Waals surface area contributed by atoms with Gasteiger partial charge in [-0.25, -0.2) is 4.99 Å². The molecule has 0 fully saturated rings. The first-order valence-corrected chi connectivity index (χ1v) is 11.2. The number of benzodiazepines with no additional fused rings is 1. The summed E-state index contributed by atoms with van der Waals surface area (Å²) in [6, 6.07) is 16.3. The third kappa shape index (κ3) is 4.87. The number of aliphatic imine (C=N–C) groups is 1. The van der Waals surface area contributed by atoms with Gasteiger partial charge in [-0.3, -0.25) is 14.4 Å². The van der Waals surface area contributed by atoms with Gasteiger partial charge < -0.3 is 15.5 Å². The number of carbonyl (C=O) groups excluding carboxylic acids is 3. The molecule has 1 aliphatic heterocycles. The fourth-order valence-electron chi connectivity index (χ4n) is 4.13. The van der Waals surface area contributed by atoms with Gasteiger partial charge >= 0.3 is 0 Å². The zero-order chi connectivity index (χ0) is 23.4. The number of anilines is 1. The minimum atomic E-state index is -1.11. The van der Waals surface area contributed by atoms with E-state index in [0.717, 1.165) is 24.0 Å². The van der Waals surface area contributed by atoms with E-state index in [1.165, 1.54) is 4.90 Å². The fraction of sp³-hybridized carbons (Fsp3) is 0.308. The van der Waals surface area contributed by atoms with Crippen LogP contribution < -0.4 is 15.5 Å². The number of amides is 3. The van der Waals surface area contributed by atoms with Crippen LogP contribution in [0.25, 0.3) is 0 Å². The van der Waals surface area contributed by atoms with E-state index in [-0.39, 0.29) is 17.7 Å². The Morgan fingerprint density at radius 3 is 2.52 bits per heavy atom. The molecular weight excluding hydrogens is 416 g/mol. The number of rotatable bonds is 5. The molecule has 1 unspecified atom stereocenters. The quantitative estimate of drug-likeness (QED) is 0.695. The van der Waals surface area contributed by atoms with Crippen LogP contribution in [0.3, 0.4) is 0 Å². The van der Waals surface area contributed by atoms with Gasteiger partial charge in [0.1, 0.15) is 6.04 Å². The minimum absolute atomic E-state index is 0.131. The third-order valence-electron chi connectivity index (χ3n) is 6.06. The number of allylic oxidation sites excluding steroid dienone is 2. The van der Waals surface area contributed by atoms with Crippen LogP contribution in [0.4, 0.5) is 5.69 Å². The van der Waals surface area contributed by atoms with Gasteiger partial charge in [-0.1, -0.05) is 60.7 Å². The Labute approximate surface area is 193 Å². The predicted molar refractivity (Wildman–Crippen MR) is 128 cm³/mol. The van der Waals surface area contributed by atoms with Crippen LogP contribution in [-0.4, -0.2) is 42.7 Å². The second kappa shape index (κ2) is 9.81. The number of hydrogen-bond acceptors (Lipinski definition) is 4. The molecular formula is C26H28N4O3. The number of nitrogens with zero attached hydrogens (tertiary/aromatic N) is 2. The van der Waals surface area contributed by atoms with E-state index in [2.05, 4.69) is 21.7 Å². The van der Waals surface area contributed by atoms with Crippen molar-refractivity contribution in [3.8, 4) is 0 Å². The first kappa shape index (κ1) is 22.5. The van der Waals surface area contributed by atoms with Gasteiger partial charge in [0, 0.05) is 24.1 Å². The standard InChI is InChI=1S/C26H28N4O3/c1-17(27-25(32)19-13-7-4-8-14-19)24(31)29-23-26(33)30(2)21-16-10-9-15-20(21)22(28-23)18-11-5-3-6-12-18/h3-7,9-12,15-17,19,23H,8,13-14H2,1-2H3,(H,27,32)(H,29,31)/t17-,19?,23+/m0/s1. The van der Waals surface area contributed by atoms with E-state index in [0.29, 0.717) is 17.8 Å². The summed E-state index contributed by atoms with van der Waals surface area (Å²) in [5, 5.41) is 5.52. The fourth-order valence-corrected chi connectivity index (χ4v) is 4.13. The van der Waals surface area contributed by atoms with Gasteiger partial charge in [-0.2, -0.15) is 0 Å². The van der Waals surface area contributed by atoms with Gasteiger partial charge in [0.2, 0.25) is 18.0 Å². The highest BCUT2D eigenvalue weighted by molar-refractivity contribution is 6.20. The second-order valence-corrected chi connectivity index (χ2v) is 8.38. The maximum Gasteiger partial charge on any atom is 0.272 e. The van der Waals surface area contributed by atoms with Crippen molar-refractivity contribution >= 4 is 29.1 Å². The smallest absolute Gasteiger partial charge is 0.272 e. The maximum absolute atomic E-state index is 13.2. The van der Waals surface area contributed by atoms with Crippen molar-refractivity contribution in [2.24, 2.45) is 10.9 Å². The summed E-state index contributed by atoms with van der Waals surface area (Å²) in [5.41, 5.74) is 3.00. The average Bonchev–Trinajstić information content (AvgIpc) is 2.95. The van der Waals surface area contributed by atoms with E-state index in [9.17, 15) is 14.4 Å². The van der Waals surface area contributed by atoms with Crippen molar-refractivity contribution in [2.75, 3.05) is 11.9 Å². The largest absolute Gasteiger partial charge is 0.344 e. The Kier molecular flexibility index (Phi) is 6.68. The number of hydrogen-bond donors (Lipinski definition) is 2. The lowest BCUT2D eigenvalue weighted by Gasteiger charge is -2.23. The SMILES string of the molecule is C[C@H](NC(=O)C1CC=CCC1)C(=O)N[C@H]1N=C(c2ccccc2)c2ccccc2N(C)C1=O. The molecule has 2 aromatic carbocycles. The highest BCUT2D eigenvalue weighted by Gasteiger charge is 2.32. The highest BCUT2D eigenvalue weighted by Crippen LogP contribution is 2.27. The first-order valence-electron chi connectivity index (χ1n) is 11.2. The van der Waals surface area contributed by atoms with Crippen molar-refractivity contribution in [3.05, 3.63) is 77.9 Å². The van der Waals surface area contributed by atoms with E-state index >= 15 is 0 Å². The molecule has 7 heteroatoms. The van der Waals surface area contributed by atoms with E-state index in [1.807, 2.05) is 60.7 Å². The predicted octanol–water partition coefficient (Wildman–Crippen LogP) is 2.80. The normalized spacial score (nSPS) is 20.8. The van der Waals surface area contributed by atoms with Gasteiger partial charge in [0.05, 0.1) is 11.4 Å². The molecule has 1 aliphatic carbocycles. The zero-order valence-electron chi connectivity index (χ0n) is 18.8. The maximum atomic E-state index is 13.2. The molecule has 7 nitrogen and oxygen atoms in total. The molecule has 0 saturated carbocycles. The van der Waals surface area contributed by atoms with Gasteiger partial charge in [0.15, 0.2) is 0 Å². The Morgan fingerprint density at radius 2 is 1.79 bits per heavy atom. The van der Waals surface area contributed by atoms with E-state index < -0.39 is 18.1 Å². The molecule has 2 aromatic rings. The molecule has 1 heterocycles. The van der Waals surface area contributed by atoms with Crippen LogP contribution in [0.15, 0.2) is 71.7 Å². The van der Waals surface area contributed by atoms with Crippen LogP contribution in [0.5, 0.6) is 0 Å². The van der Waals surface area contributed by atoms with Crippen molar-refractivity contribution in [2.45, 2.75) is 38.4 Å². The van der Waals surface area contributed by atoms with Crippen molar-refractivity contribution in [1.29, 1.82) is 0 Å². The summed E-state index contributed by atoms with van der Waals surface area (Å²) in [4.78, 5) is 44.9. The number of para-hydroxylation sites is 1. The number of benzene rings is 2. The van der Waals surface area contributed by atoms with Crippen LogP contribution in [0, 0.1) is 5.92 Å². The number of carbonyl (C=O) groups is 3. The number of fused-ring (bicyclic) bond motifs is 1. The summed E-state index contributed by atoms with van der Waals surface area (Å²) in [7, 11) is 1.67. The molecule has 4 rings (SSSR count). The zero-order valence-corrected chi connectivity index (χ0v) is 18.8. The molecule has 170 valence electrons. The molecule has 0 radical (unpaired) electrons. The Morgan fingerprint density at radius 1 is 1.06 bits per heavy atom. The third-order valence-corrected chi connectivity index (χ3v) is 6.06. The Balaban J connectivity index is 1.57. The molecule has 3 atom stereocenters. The molecule has 2 aliphatic rings. The number of likely N-dealkylation sites (N-methyl/N-ethyl adjacent to an activating group) is 1. The van der Waals surface area contributed by atoms with Crippen LogP contribution in [0.1, 0.15) is 37.3 Å². The van der Waals surface area contributed by atoms with Crippen LogP contribution in [0.2, 0.25) is 0 Å². The van der Waals surface area contributed by atoms with E-state index in [4.69, 9.17) is 0 Å². The molecule has 0 bridgehead atoms. The van der Waals surface area contributed by atoms with Gasteiger partial charge in [0.25, 0.3) is 5.91 Å². The molecule has 3 amide bonds. The molecule has 0 spiro atoms. The second-order valence-electron chi connectivity index (χ2n) is 8.38. The van der Waals surface area contributed by atoms with Crippen molar-refractivity contribution < 1.29 is 14.4 Å². The lowest BCUT2D eigenvalue weighted by molar-refractivity contribution is -0.132. The average molecular weight is 445 g/mol. The number of nitrogens with one attached hydrogen (secondary N) is 2. The Bertz CT molecular complexity index is 1110. The van der Waals surface area contributed by atoms with Gasteiger partial charge in [-0.15, -0.1) is 0 Å². The van der Waals surface area contributed by atoms with Gasteiger partial charge in [-0.05, 0) is 32.3 Å². The summed E-state index contributed by atoms with van der Waals surface area (Å²) in [6.45, 7) is 1.62. The van der Waals surface area contributed by atoms with Crippen LogP contribution >= 0.6 is 0 Å². The summed E-state index contributed by atoms with van der Waals surface area (Å²) in [5.74, 6) is -1.08. The lowest BCUT2D eigenvalue weighted by Crippen LogP contribution is -2.53. The summed E-state index contributed by atoms with van der Waals surface area (Å²) in [6.07, 6.45) is 5.26. The van der Waals surface area contributed by atoms with Crippen molar-refractivity contribution in [3.63, 3.8) is 0 Å². The molecule has 2 N–H and O–H groups in total. The molecule has 0 saturated heterocycles. The van der Waals surface area contributed by atoms with Crippen molar-refractivity contribution in [1.82, 2.24) is 10.6 Å². The molecule has 0 aromatic heterocycles. The summed E-state index contributed by atoms with van der Waals surface area (Å²) < 4.78 is 0. The topological polar surface area (TPSA) is 90.9 Å². The Hall–Kier alpha value is -3.74. The first-order chi connectivity index (χ1) is 16.0. The highest BCUT2D eigenvalue weighted by atomic mass is 16.2.